The third kappa shape index (κ3) is 4.54. The van der Waals surface area contributed by atoms with Crippen molar-refractivity contribution in [1.29, 1.82) is 0 Å². The van der Waals surface area contributed by atoms with E-state index >= 15 is 4.39 Å². The molecule has 0 saturated carbocycles. The Balaban J connectivity index is 2.22. The summed E-state index contributed by atoms with van der Waals surface area (Å²) in [6.45, 7) is 7.51. The van der Waals surface area contributed by atoms with E-state index in [4.69, 9.17) is 5.73 Å². The number of anilines is 2. The number of rotatable bonds is 5. The van der Waals surface area contributed by atoms with Crippen LogP contribution in [0.15, 0.2) is 30.5 Å². The van der Waals surface area contributed by atoms with Gasteiger partial charge < -0.3 is 5.73 Å². The Kier molecular flexibility index (Phi) is 5.59. The van der Waals surface area contributed by atoms with E-state index < -0.39 is 15.8 Å². The number of halogens is 1. The van der Waals surface area contributed by atoms with Crippen LogP contribution in [0.2, 0.25) is 0 Å². The lowest BCUT2D eigenvalue weighted by Crippen LogP contribution is -2.15. The standard InChI is InChI=1S/C19H22FN5O2S2/c1-5-29(26,27)25-12-8-6-7-11(14(12)20)15-16(13-9-10-22-18(21)23-13)28-17(24-15)19(2,3)4/h6-10,25H,5H2,1-4H3,(H2,21,22,23). The van der Waals surface area contributed by atoms with Crippen LogP contribution in [0.5, 0.6) is 0 Å². The molecule has 3 N–H and O–H groups in total. The molecule has 2 aromatic heterocycles. The van der Waals surface area contributed by atoms with Crippen molar-refractivity contribution in [2.45, 2.75) is 33.1 Å². The first-order valence-corrected chi connectivity index (χ1v) is 11.4. The molecule has 0 unspecified atom stereocenters. The topological polar surface area (TPSA) is 111 Å². The van der Waals surface area contributed by atoms with E-state index in [0.717, 1.165) is 5.01 Å². The van der Waals surface area contributed by atoms with Gasteiger partial charge in [-0.05, 0) is 25.1 Å². The van der Waals surface area contributed by atoms with Crippen LogP contribution in [0.1, 0.15) is 32.7 Å². The van der Waals surface area contributed by atoms with E-state index in [1.165, 1.54) is 30.5 Å². The molecule has 2 heterocycles. The number of nitrogens with zero attached hydrogens (tertiary/aromatic N) is 3. The number of hydrogen-bond donors (Lipinski definition) is 2. The van der Waals surface area contributed by atoms with Gasteiger partial charge in [-0.2, -0.15) is 0 Å². The van der Waals surface area contributed by atoms with Gasteiger partial charge in [0.2, 0.25) is 16.0 Å². The average molecular weight is 436 g/mol. The van der Waals surface area contributed by atoms with Crippen molar-refractivity contribution in [3.8, 4) is 21.8 Å². The zero-order chi connectivity index (χ0) is 21.4. The maximum atomic E-state index is 15.3. The molecule has 0 fully saturated rings. The second-order valence-electron chi connectivity index (χ2n) is 7.42. The summed E-state index contributed by atoms with van der Waals surface area (Å²) in [4.78, 5) is 13.5. The second kappa shape index (κ2) is 7.68. The molecule has 10 heteroatoms. The first-order valence-electron chi connectivity index (χ1n) is 8.91. The Morgan fingerprint density at radius 2 is 1.93 bits per heavy atom. The molecule has 1 aromatic carbocycles. The number of nitrogen functional groups attached to an aromatic ring is 1. The molecule has 0 aliphatic rings. The highest BCUT2D eigenvalue weighted by Crippen LogP contribution is 2.41. The van der Waals surface area contributed by atoms with E-state index in [1.807, 2.05) is 20.8 Å². The zero-order valence-electron chi connectivity index (χ0n) is 16.5. The minimum Gasteiger partial charge on any atom is -0.368 e. The molecule has 0 radical (unpaired) electrons. The van der Waals surface area contributed by atoms with E-state index in [0.29, 0.717) is 16.3 Å². The van der Waals surface area contributed by atoms with Crippen LogP contribution in [0.3, 0.4) is 0 Å². The van der Waals surface area contributed by atoms with Gasteiger partial charge >= 0.3 is 0 Å². The van der Waals surface area contributed by atoms with E-state index in [-0.39, 0.29) is 28.4 Å². The second-order valence-corrected chi connectivity index (χ2v) is 10.4. The summed E-state index contributed by atoms with van der Waals surface area (Å²) in [5.74, 6) is -0.754. The van der Waals surface area contributed by atoms with Crippen LogP contribution in [-0.4, -0.2) is 29.1 Å². The van der Waals surface area contributed by atoms with Gasteiger partial charge in [0.05, 0.1) is 32.7 Å². The molecule has 7 nitrogen and oxygen atoms in total. The third-order valence-electron chi connectivity index (χ3n) is 4.07. The molecule has 3 rings (SSSR count). The summed E-state index contributed by atoms with van der Waals surface area (Å²) < 4.78 is 41.4. The van der Waals surface area contributed by atoms with Gasteiger partial charge in [0.25, 0.3) is 0 Å². The lowest BCUT2D eigenvalue weighted by Gasteiger charge is -2.13. The predicted molar refractivity (Wildman–Crippen MR) is 115 cm³/mol. The Hall–Kier alpha value is -2.59. The fourth-order valence-corrected chi connectivity index (χ4v) is 4.27. The van der Waals surface area contributed by atoms with E-state index in [2.05, 4.69) is 19.7 Å². The van der Waals surface area contributed by atoms with Gasteiger partial charge in [-0.25, -0.2) is 27.8 Å². The van der Waals surface area contributed by atoms with Crippen molar-refractivity contribution in [2.75, 3.05) is 16.2 Å². The predicted octanol–water partition coefficient (Wildman–Crippen LogP) is 4.05. The van der Waals surface area contributed by atoms with Crippen LogP contribution in [0, 0.1) is 5.82 Å². The summed E-state index contributed by atoms with van der Waals surface area (Å²) >= 11 is 1.39. The Labute approximate surface area is 173 Å². The summed E-state index contributed by atoms with van der Waals surface area (Å²) in [7, 11) is -3.62. The van der Waals surface area contributed by atoms with Crippen molar-refractivity contribution in [1.82, 2.24) is 15.0 Å². The maximum Gasteiger partial charge on any atom is 0.232 e. The molecule has 0 spiro atoms. The molecule has 0 atom stereocenters. The Bertz CT molecular complexity index is 1150. The molecular weight excluding hydrogens is 413 g/mol. The highest BCUT2D eigenvalue weighted by atomic mass is 32.2. The third-order valence-corrected chi connectivity index (χ3v) is 6.87. The smallest absolute Gasteiger partial charge is 0.232 e. The van der Waals surface area contributed by atoms with Crippen molar-refractivity contribution >= 4 is 33.0 Å². The number of nitrogens with one attached hydrogen (secondary N) is 1. The van der Waals surface area contributed by atoms with Gasteiger partial charge in [-0.1, -0.05) is 26.8 Å². The van der Waals surface area contributed by atoms with Crippen LogP contribution in [-0.2, 0) is 15.4 Å². The quantitative estimate of drug-likeness (QED) is 0.625. The van der Waals surface area contributed by atoms with Crippen LogP contribution in [0.25, 0.3) is 21.8 Å². The van der Waals surface area contributed by atoms with Crippen LogP contribution in [0.4, 0.5) is 16.0 Å². The summed E-state index contributed by atoms with van der Waals surface area (Å²) in [5, 5.41) is 0.790. The molecule has 154 valence electrons. The number of thiazole rings is 1. The molecule has 0 bridgehead atoms. The molecule has 0 amide bonds. The first kappa shape index (κ1) is 21.1. The lowest BCUT2D eigenvalue weighted by molar-refractivity contribution is 0.585. The van der Waals surface area contributed by atoms with Crippen molar-refractivity contribution in [2.24, 2.45) is 0 Å². The van der Waals surface area contributed by atoms with Crippen molar-refractivity contribution in [3.05, 3.63) is 41.3 Å². The van der Waals surface area contributed by atoms with Gasteiger partial charge in [-0.15, -0.1) is 11.3 Å². The maximum absolute atomic E-state index is 15.3. The minimum atomic E-state index is -3.62. The van der Waals surface area contributed by atoms with E-state index in [9.17, 15) is 8.42 Å². The average Bonchev–Trinajstić information content (AvgIpc) is 3.09. The largest absolute Gasteiger partial charge is 0.368 e. The van der Waals surface area contributed by atoms with E-state index in [1.54, 1.807) is 18.2 Å². The number of benzene rings is 1. The first-order chi connectivity index (χ1) is 13.5. The number of sulfonamides is 1. The SMILES string of the molecule is CCS(=O)(=O)Nc1cccc(-c2nc(C(C)(C)C)sc2-c2ccnc(N)n2)c1F. The highest BCUT2D eigenvalue weighted by molar-refractivity contribution is 7.92. The minimum absolute atomic E-state index is 0.101. The van der Waals surface area contributed by atoms with Crippen LogP contribution >= 0.6 is 11.3 Å². The summed E-state index contributed by atoms with van der Waals surface area (Å²) in [5.41, 5.74) is 6.43. The fraction of sp³-hybridized carbons (Fsp3) is 0.316. The van der Waals surface area contributed by atoms with Gasteiger partial charge in [-0.3, -0.25) is 4.72 Å². The highest BCUT2D eigenvalue weighted by Gasteiger charge is 2.26. The number of nitrogens with two attached hydrogens (primary N) is 1. The molecule has 0 saturated heterocycles. The van der Waals surface area contributed by atoms with Gasteiger partial charge in [0.1, 0.15) is 0 Å². The zero-order valence-corrected chi connectivity index (χ0v) is 18.2. The van der Waals surface area contributed by atoms with Crippen LogP contribution < -0.4 is 10.5 Å². The molecule has 3 aromatic rings. The van der Waals surface area contributed by atoms with Crippen molar-refractivity contribution in [3.63, 3.8) is 0 Å². The normalized spacial score (nSPS) is 12.2. The summed E-state index contributed by atoms with van der Waals surface area (Å²) in [6.07, 6.45) is 1.53. The molecule has 0 aliphatic heterocycles. The Morgan fingerprint density at radius 1 is 1.21 bits per heavy atom. The molecule has 0 aliphatic carbocycles. The Morgan fingerprint density at radius 3 is 2.55 bits per heavy atom. The van der Waals surface area contributed by atoms with Gasteiger partial charge in [0.15, 0.2) is 5.82 Å². The number of hydrogen-bond acceptors (Lipinski definition) is 7. The number of aromatic nitrogens is 3. The van der Waals surface area contributed by atoms with Gasteiger partial charge in [0, 0.05) is 17.2 Å². The fourth-order valence-electron chi connectivity index (χ4n) is 2.53. The molecular formula is C19H22FN5O2S2. The molecule has 29 heavy (non-hydrogen) atoms. The van der Waals surface area contributed by atoms with Crippen molar-refractivity contribution < 1.29 is 12.8 Å². The monoisotopic (exact) mass is 435 g/mol. The summed E-state index contributed by atoms with van der Waals surface area (Å²) in [6, 6.07) is 6.21. The lowest BCUT2D eigenvalue weighted by atomic mass is 9.98.